The van der Waals surface area contributed by atoms with Crippen LogP contribution in [-0.4, -0.2) is 0 Å². The number of benzene rings is 1. The van der Waals surface area contributed by atoms with E-state index >= 15 is 0 Å². The van der Waals surface area contributed by atoms with Crippen LogP contribution in [0, 0.1) is 0 Å². The second kappa shape index (κ2) is 3.27. The van der Waals surface area contributed by atoms with Crippen molar-refractivity contribution in [2.45, 2.75) is 25.7 Å². The second-order valence-corrected chi connectivity index (χ2v) is 4.40. The highest BCUT2D eigenvalue weighted by atomic mass is 14.6. The van der Waals surface area contributed by atoms with Crippen LogP contribution in [-0.2, 0) is 12.8 Å². The molecule has 0 aromatic heterocycles. The average Bonchev–Trinajstić information content (AvgIpc) is 2.20. The van der Waals surface area contributed by atoms with Gasteiger partial charge < -0.3 is 5.73 Å². The van der Waals surface area contributed by atoms with Crippen LogP contribution < -0.4 is 5.73 Å². The fourth-order valence-electron chi connectivity index (χ4n) is 2.35. The number of nitrogens with two attached hydrogens (primary N) is 1. The topological polar surface area (TPSA) is 26.0 Å². The molecule has 0 unspecified atom stereocenters. The number of rotatable bonds is 1. The van der Waals surface area contributed by atoms with Gasteiger partial charge in [-0.25, -0.2) is 0 Å². The molecule has 2 N–H and O–H groups in total. The first-order valence-electron chi connectivity index (χ1n) is 5.61. The molecule has 1 nitrogen and oxygen atoms in total. The van der Waals surface area contributed by atoms with Gasteiger partial charge in [0.1, 0.15) is 0 Å². The van der Waals surface area contributed by atoms with Crippen molar-refractivity contribution in [2.75, 3.05) is 0 Å². The zero-order valence-corrected chi connectivity index (χ0v) is 8.79. The monoisotopic (exact) mass is 197 g/mol. The Morgan fingerprint density at radius 3 is 2.53 bits per heavy atom. The number of allylic oxidation sites excluding steroid dienone is 3. The molecule has 76 valence electrons. The van der Waals surface area contributed by atoms with Gasteiger partial charge in [0.15, 0.2) is 0 Å². The Hall–Kier alpha value is -1.50. The van der Waals surface area contributed by atoms with Gasteiger partial charge in [0, 0.05) is 5.70 Å². The molecule has 2 aliphatic rings. The van der Waals surface area contributed by atoms with Gasteiger partial charge in [-0.15, -0.1) is 0 Å². The zero-order valence-electron chi connectivity index (χ0n) is 8.79. The molecule has 0 heterocycles. The molecular formula is C14H15N. The van der Waals surface area contributed by atoms with Gasteiger partial charge in [-0.2, -0.15) is 0 Å². The van der Waals surface area contributed by atoms with Crippen LogP contribution in [0.2, 0.25) is 0 Å². The summed E-state index contributed by atoms with van der Waals surface area (Å²) >= 11 is 0. The third-order valence-electron chi connectivity index (χ3n) is 3.38. The van der Waals surface area contributed by atoms with Gasteiger partial charge in [0.2, 0.25) is 0 Å². The van der Waals surface area contributed by atoms with Gasteiger partial charge in [-0.1, -0.05) is 24.3 Å². The predicted molar refractivity (Wildman–Crippen MR) is 63.3 cm³/mol. The lowest BCUT2D eigenvalue weighted by atomic mass is 9.85. The Bertz CT molecular complexity index is 466. The Morgan fingerprint density at radius 1 is 1.00 bits per heavy atom. The van der Waals surface area contributed by atoms with Crippen LogP contribution >= 0.6 is 0 Å². The molecule has 0 spiro atoms. The van der Waals surface area contributed by atoms with Gasteiger partial charge in [-0.3, -0.25) is 0 Å². The average molecular weight is 197 g/mol. The van der Waals surface area contributed by atoms with Gasteiger partial charge in [0.05, 0.1) is 0 Å². The van der Waals surface area contributed by atoms with Crippen molar-refractivity contribution in [3.63, 3.8) is 0 Å². The van der Waals surface area contributed by atoms with Crippen molar-refractivity contribution in [3.8, 4) is 0 Å². The Labute approximate surface area is 90.3 Å². The minimum atomic E-state index is 0.916. The summed E-state index contributed by atoms with van der Waals surface area (Å²) in [6.07, 6.45) is 8.93. The van der Waals surface area contributed by atoms with E-state index in [1.54, 1.807) is 0 Å². The molecule has 0 amide bonds. The van der Waals surface area contributed by atoms with Crippen molar-refractivity contribution < 1.29 is 0 Å². The fraction of sp³-hybridized carbons (Fsp3) is 0.286. The lowest BCUT2D eigenvalue weighted by molar-refractivity contribution is 0.837. The van der Waals surface area contributed by atoms with Crippen LogP contribution in [0.5, 0.6) is 0 Å². The minimum absolute atomic E-state index is 0.916. The highest BCUT2D eigenvalue weighted by molar-refractivity contribution is 5.70. The zero-order chi connectivity index (χ0) is 10.3. The summed E-state index contributed by atoms with van der Waals surface area (Å²) in [4.78, 5) is 0. The van der Waals surface area contributed by atoms with Crippen molar-refractivity contribution in [1.29, 1.82) is 0 Å². The van der Waals surface area contributed by atoms with E-state index in [4.69, 9.17) is 5.73 Å². The number of aryl methyl sites for hydroxylation is 2. The SMILES string of the molecule is NC1=CCCC(c2ccc3c(c2)CC3)=C1. The highest BCUT2D eigenvalue weighted by Gasteiger charge is 2.14. The Morgan fingerprint density at radius 2 is 1.87 bits per heavy atom. The van der Waals surface area contributed by atoms with Crippen molar-refractivity contribution in [1.82, 2.24) is 0 Å². The highest BCUT2D eigenvalue weighted by Crippen LogP contribution is 2.30. The summed E-state index contributed by atoms with van der Waals surface area (Å²) in [5.41, 5.74) is 12.6. The molecular weight excluding hydrogens is 182 g/mol. The maximum Gasteiger partial charge on any atom is 0.0276 e. The van der Waals surface area contributed by atoms with E-state index in [0.717, 1.165) is 18.5 Å². The summed E-state index contributed by atoms with van der Waals surface area (Å²) in [5.74, 6) is 0. The molecule has 0 fully saturated rings. The maximum atomic E-state index is 5.83. The van der Waals surface area contributed by atoms with Crippen LogP contribution in [0.4, 0.5) is 0 Å². The summed E-state index contributed by atoms with van der Waals surface area (Å²) in [6, 6.07) is 6.84. The normalized spacial score (nSPS) is 18.7. The maximum absolute atomic E-state index is 5.83. The predicted octanol–water partition coefficient (Wildman–Crippen LogP) is 2.81. The molecule has 0 atom stereocenters. The standard InChI is InChI=1S/C14H15N/c15-14-3-1-2-11(9-14)13-7-5-10-4-6-12(10)8-13/h3,5,7-9H,1-2,4,6,15H2. The number of fused-ring (bicyclic) bond motifs is 1. The molecule has 0 saturated heterocycles. The first kappa shape index (κ1) is 8.78. The molecule has 0 saturated carbocycles. The van der Waals surface area contributed by atoms with Crippen molar-refractivity contribution in [2.24, 2.45) is 5.73 Å². The van der Waals surface area contributed by atoms with Crippen LogP contribution in [0.15, 0.2) is 36.0 Å². The molecule has 1 aromatic carbocycles. The van der Waals surface area contributed by atoms with E-state index in [2.05, 4.69) is 30.4 Å². The molecule has 15 heavy (non-hydrogen) atoms. The molecule has 2 aliphatic carbocycles. The lowest BCUT2D eigenvalue weighted by Gasteiger charge is -2.21. The summed E-state index contributed by atoms with van der Waals surface area (Å²) in [5, 5.41) is 0. The second-order valence-electron chi connectivity index (χ2n) is 4.40. The lowest BCUT2D eigenvalue weighted by Crippen LogP contribution is -2.08. The van der Waals surface area contributed by atoms with E-state index < -0.39 is 0 Å². The van der Waals surface area contributed by atoms with Crippen molar-refractivity contribution in [3.05, 3.63) is 52.7 Å². The number of hydrogen-bond donors (Lipinski definition) is 1. The molecule has 3 rings (SSSR count). The van der Waals surface area contributed by atoms with Crippen LogP contribution in [0.1, 0.15) is 29.5 Å². The molecule has 0 bridgehead atoms. The Kier molecular flexibility index (Phi) is 1.91. The summed E-state index contributed by atoms with van der Waals surface area (Å²) in [7, 11) is 0. The third kappa shape index (κ3) is 1.48. The molecule has 1 aromatic rings. The van der Waals surface area contributed by atoms with E-state index in [1.807, 2.05) is 0 Å². The molecule has 1 heteroatoms. The van der Waals surface area contributed by atoms with E-state index in [1.165, 1.54) is 35.1 Å². The third-order valence-corrected chi connectivity index (χ3v) is 3.38. The largest absolute Gasteiger partial charge is 0.399 e. The van der Waals surface area contributed by atoms with E-state index in [-0.39, 0.29) is 0 Å². The quantitative estimate of drug-likeness (QED) is 0.736. The van der Waals surface area contributed by atoms with Gasteiger partial charge >= 0.3 is 0 Å². The van der Waals surface area contributed by atoms with E-state index in [9.17, 15) is 0 Å². The van der Waals surface area contributed by atoms with Crippen LogP contribution in [0.25, 0.3) is 5.57 Å². The molecule has 0 radical (unpaired) electrons. The first-order chi connectivity index (χ1) is 7.33. The van der Waals surface area contributed by atoms with E-state index in [0.29, 0.717) is 0 Å². The summed E-state index contributed by atoms with van der Waals surface area (Å²) < 4.78 is 0. The first-order valence-corrected chi connectivity index (χ1v) is 5.61. The van der Waals surface area contributed by atoms with Crippen LogP contribution in [0.3, 0.4) is 0 Å². The Balaban J connectivity index is 1.99. The summed E-state index contributed by atoms with van der Waals surface area (Å²) in [6.45, 7) is 0. The molecule has 0 aliphatic heterocycles. The smallest absolute Gasteiger partial charge is 0.0276 e. The number of hydrogen-bond acceptors (Lipinski definition) is 1. The van der Waals surface area contributed by atoms with Crippen molar-refractivity contribution >= 4 is 5.57 Å². The van der Waals surface area contributed by atoms with Gasteiger partial charge in [0.25, 0.3) is 0 Å². The van der Waals surface area contributed by atoms with Gasteiger partial charge in [-0.05, 0) is 54.0 Å². The minimum Gasteiger partial charge on any atom is -0.399 e. The fourth-order valence-corrected chi connectivity index (χ4v) is 2.35.